The van der Waals surface area contributed by atoms with Gasteiger partial charge >= 0.3 is 0 Å². The molecule has 1 aromatic rings. The Morgan fingerprint density at radius 1 is 1.50 bits per heavy atom. The molecule has 1 fully saturated rings. The molecule has 2 rings (SSSR count). The summed E-state index contributed by atoms with van der Waals surface area (Å²) in [6.45, 7) is 6.43. The van der Waals surface area contributed by atoms with Crippen LogP contribution in [0.25, 0.3) is 0 Å². The molecule has 1 aromatic carbocycles. The monoisotopic (exact) mass is 268 g/mol. The van der Waals surface area contributed by atoms with Gasteiger partial charge in [-0.3, -0.25) is 0 Å². The zero-order valence-electron chi connectivity index (χ0n) is 11.1. The topological polar surface area (TPSA) is 24.5 Å². The lowest BCUT2D eigenvalue weighted by Gasteiger charge is -2.21. The lowest BCUT2D eigenvalue weighted by Crippen LogP contribution is -2.26. The highest BCUT2D eigenvalue weighted by molar-refractivity contribution is 6.30. The van der Waals surface area contributed by atoms with Crippen molar-refractivity contribution in [3.05, 3.63) is 23.2 Å². The molecule has 1 unspecified atom stereocenters. The molecule has 1 heterocycles. The minimum absolute atomic E-state index is 0.716. The van der Waals surface area contributed by atoms with Crippen molar-refractivity contribution in [3.63, 3.8) is 0 Å². The molecule has 1 atom stereocenters. The number of methoxy groups -OCH3 is 1. The van der Waals surface area contributed by atoms with Crippen molar-refractivity contribution in [3.8, 4) is 5.75 Å². The van der Waals surface area contributed by atoms with Gasteiger partial charge in [0, 0.05) is 18.1 Å². The van der Waals surface area contributed by atoms with Gasteiger partial charge in [0.15, 0.2) is 0 Å². The Morgan fingerprint density at radius 2 is 2.33 bits per heavy atom. The minimum atomic E-state index is 0.716. The van der Waals surface area contributed by atoms with Crippen LogP contribution in [0.2, 0.25) is 5.02 Å². The SMILES string of the molecule is CCNCC1CCN(c2cc(Cl)ccc2OC)C1. The number of halogens is 1. The second kappa shape index (κ2) is 6.30. The van der Waals surface area contributed by atoms with Crippen LogP contribution in [0.5, 0.6) is 5.75 Å². The van der Waals surface area contributed by atoms with Crippen LogP contribution < -0.4 is 15.0 Å². The molecule has 0 aliphatic carbocycles. The van der Waals surface area contributed by atoms with Gasteiger partial charge in [0.25, 0.3) is 0 Å². The maximum atomic E-state index is 6.08. The highest BCUT2D eigenvalue weighted by atomic mass is 35.5. The number of anilines is 1. The van der Waals surface area contributed by atoms with E-state index in [9.17, 15) is 0 Å². The largest absolute Gasteiger partial charge is 0.495 e. The number of hydrogen-bond donors (Lipinski definition) is 1. The van der Waals surface area contributed by atoms with Crippen LogP contribution >= 0.6 is 11.6 Å². The van der Waals surface area contributed by atoms with Crippen molar-refractivity contribution < 1.29 is 4.74 Å². The smallest absolute Gasteiger partial charge is 0.142 e. The Labute approximate surface area is 114 Å². The Kier molecular flexibility index (Phi) is 4.72. The van der Waals surface area contributed by atoms with Crippen molar-refractivity contribution in [2.24, 2.45) is 5.92 Å². The fourth-order valence-corrected chi connectivity index (χ4v) is 2.64. The van der Waals surface area contributed by atoms with Gasteiger partial charge in [-0.05, 0) is 43.6 Å². The maximum absolute atomic E-state index is 6.08. The average Bonchev–Trinajstić information content (AvgIpc) is 2.85. The standard InChI is InChI=1S/C14H21ClN2O/c1-3-16-9-11-6-7-17(10-11)13-8-12(15)4-5-14(13)18-2/h4-5,8,11,16H,3,6-7,9-10H2,1-2H3. The van der Waals surface area contributed by atoms with E-state index in [0.717, 1.165) is 42.6 Å². The molecule has 1 aliphatic heterocycles. The Morgan fingerprint density at radius 3 is 3.06 bits per heavy atom. The molecule has 0 aromatic heterocycles. The first-order chi connectivity index (χ1) is 8.74. The molecule has 4 heteroatoms. The highest BCUT2D eigenvalue weighted by Gasteiger charge is 2.24. The molecule has 18 heavy (non-hydrogen) atoms. The molecule has 0 saturated carbocycles. The number of nitrogens with one attached hydrogen (secondary N) is 1. The number of benzene rings is 1. The average molecular weight is 269 g/mol. The van der Waals surface area contributed by atoms with Gasteiger partial charge in [-0.1, -0.05) is 18.5 Å². The minimum Gasteiger partial charge on any atom is -0.495 e. The molecule has 0 radical (unpaired) electrons. The Bertz CT molecular complexity index is 397. The van der Waals surface area contributed by atoms with E-state index >= 15 is 0 Å². The van der Waals surface area contributed by atoms with E-state index < -0.39 is 0 Å². The quantitative estimate of drug-likeness (QED) is 0.889. The van der Waals surface area contributed by atoms with Crippen LogP contribution in [0.1, 0.15) is 13.3 Å². The summed E-state index contributed by atoms with van der Waals surface area (Å²) in [6, 6.07) is 5.81. The summed E-state index contributed by atoms with van der Waals surface area (Å²) in [5.74, 6) is 1.62. The molecule has 0 bridgehead atoms. The van der Waals surface area contributed by atoms with Gasteiger partial charge in [0.2, 0.25) is 0 Å². The first kappa shape index (κ1) is 13.5. The lowest BCUT2D eigenvalue weighted by atomic mass is 10.1. The molecular formula is C14H21ClN2O. The zero-order chi connectivity index (χ0) is 13.0. The van der Waals surface area contributed by atoms with E-state index in [1.165, 1.54) is 6.42 Å². The summed E-state index contributed by atoms with van der Waals surface area (Å²) in [7, 11) is 1.71. The summed E-state index contributed by atoms with van der Waals surface area (Å²) in [5, 5.41) is 4.18. The first-order valence-corrected chi connectivity index (χ1v) is 6.91. The predicted molar refractivity (Wildman–Crippen MR) is 76.9 cm³/mol. The van der Waals surface area contributed by atoms with Gasteiger partial charge < -0.3 is 15.0 Å². The fourth-order valence-electron chi connectivity index (χ4n) is 2.48. The van der Waals surface area contributed by atoms with E-state index in [2.05, 4.69) is 17.1 Å². The second-order valence-corrected chi connectivity index (χ2v) is 5.16. The maximum Gasteiger partial charge on any atom is 0.142 e. The predicted octanol–water partition coefficient (Wildman–Crippen LogP) is 2.78. The van der Waals surface area contributed by atoms with Crippen molar-refractivity contribution >= 4 is 17.3 Å². The van der Waals surface area contributed by atoms with Crippen LogP contribution in [0, 0.1) is 5.92 Å². The highest BCUT2D eigenvalue weighted by Crippen LogP contribution is 2.34. The van der Waals surface area contributed by atoms with Crippen molar-refractivity contribution in [2.75, 3.05) is 38.2 Å². The van der Waals surface area contributed by atoms with Crippen LogP contribution in [0.4, 0.5) is 5.69 Å². The molecule has 1 aliphatic rings. The molecule has 1 saturated heterocycles. The number of rotatable bonds is 5. The van der Waals surface area contributed by atoms with E-state index in [4.69, 9.17) is 16.3 Å². The van der Waals surface area contributed by atoms with Gasteiger partial charge in [-0.15, -0.1) is 0 Å². The van der Waals surface area contributed by atoms with Crippen molar-refractivity contribution in [2.45, 2.75) is 13.3 Å². The van der Waals surface area contributed by atoms with Crippen LogP contribution in [-0.4, -0.2) is 33.3 Å². The van der Waals surface area contributed by atoms with E-state index in [-0.39, 0.29) is 0 Å². The van der Waals surface area contributed by atoms with Crippen molar-refractivity contribution in [1.82, 2.24) is 5.32 Å². The first-order valence-electron chi connectivity index (χ1n) is 6.53. The second-order valence-electron chi connectivity index (χ2n) is 4.72. The lowest BCUT2D eigenvalue weighted by molar-refractivity contribution is 0.414. The molecule has 3 nitrogen and oxygen atoms in total. The van der Waals surface area contributed by atoms with Gasteiger partial charge in [-0.2, -0.15) is 0 Å². The molecule has 100 valence electrons. The normalized spacial score (nSPS) is 19.3. The van der Waals surface area contributed by atoms with Crippen LogP contribution in [-0.2, 0) is 0 Å². The van der Waals surface area contributed by atoms with Crippen LogP contribution in [0.15, 0.2) is 18.2 Å². The Balaban J connectivity index is 2.06. The third-order valence-corrected chi connectivity index (χ3v) is 3.69. The summed E-state index contributed by atoms with van der Waals surface area (Å²) >= 11 is 6.08. The summed E-state index contributed by atoms with van der Waals surface area (Å²) in [6.07, 6.45) is 1.22. The summed E-state index contributed by atoms with van der Waals surface area (Å²) in [5.41, 5.74) is 1.11. The van der Waals surface area contributed by atoms with Crippen molar-refractivity contribution in [1.29, 1.82) is 0 Å². The third-order valence-electron chi connectivity index (χ3n) is 3.45. The molecule has 0 amide bonds. The van der Waals surface area contributed by atoms with Gasteiger partial charge in [0.1, 0.15) is 5.75 Å². The number of hydrogen-bond acceptors (Lipinski definition) is 3. The van der Waals surface area contributed by atoms with E-state index in [0.29, 0.717) is 5.92 Å². The fraction of sp³-hybridized carbons (Fsp3) is 0.571. The summed E-state index contributed by atoms with van der Waals surface area (Å²) in [4.78, 5) is 2.37. The summed E-state index contributed by atoms with van der Waals surface area (Å²) < 4.78 is 5.41. The number of nitrogens with zero attached hydrogens (tertiary/aromatic N) is 1. The van der Waals surface area contributed by atoms with Crippen LogP contribution in [0.3, 0.4) is 0 Å². The molecule has 0 spiro atoms. The third kappa shape index (κ3) is 3.09. The van der Waals surface area contributed by atoms with E-state index in [1.54, 1.807) is 7.11 Å². The van der Waals surface area contributed by atoms with Gasteiger partial charge in [0.05, 0.1) is 12.8 Å². The van der Waals surface area contributed by atoms with E-state index in [1.807, 2.05) is 18.2 Å². The van der Waals surface area contributed by atoms with Gasteiger partial charge in [-0.25, -0.2) is 0 Å². The Hall–Kier alpha value is -0.930. The zero-order valence-corrected chi connectivity index (χ0v) is 11.8. The molecule has 1 N–H and O–H groups in total. The number of ether oxygens (including phenoxy) is 1. The molecular weight excluding hydrogens is 248 g/mol.